The zero-order valence-electron chi connectivity index (χ0n) is 11.2. The lowest BCUT2D eigenvalue weighted by molar-refractivity contribution is 0.0985. The van der Waals surface area contributed by atoms with Crippen LogP contribution in [0, 0.1) is 0 Å². The normalized spacial score (nSPS) is 24.3. The summed E-state index contributed by atoms with van der Waals surface area (Å²) >= 11 is 0. The molecule has 0 aliphatic carbocycles. The molecule has 8 heteroatoms. The number of rotatable bonds is 4. The van der Waals surface area contributed by atoms with E-state index in [1.54, 1.807) is 4.57 Å². The summed E-state index contributed by atoms with van der Waals surface area (Å²) in [6.07, 6.45) is 1.75. The topological polar surface area (TPSA) is 74.1 Å². The van der Waals surface area contributed by atoms with Crippen molar-refractivity contribution in [1.29, 1.82) is 0 Å². The van der Waals surface area contributed by atoms with Gasteiger partial charge in [0.1, 0.15) is 5.82 Å². The van der Waals surface area contributed by atoms with Crippen molar-refractivity contribution in [2.75, 3.05) is 6.61 Å². The van der Waals surface area contributed by atoms with Gasteiger partial charge in [-0.25, -0.2) is 8.42 Å². The Kier molecular flexibility index (Phi) is 4.17. The Balaban J connectivity index is 2.50. The van der Waals surface area contributed by atoms with Crippen molar-refractivity contribution in [3.63, 3.8) is 0 Å². The van der Waals surface area contributed by atoms with Gasteiger partial charge in [0, 0.05) is 29.2 Å². The first-order valence-corrected chi connectivity index (χ1v) is 8.68. The number of hydrogen-bond donors (Lipinski definition) is 0. The van der Waals surface area contributed by atoms with Gasteiger partial charge < -0.3 is 4.74 Å². The smallest absolute Gasteiger partial charge is 0.296 e. The maximum absolute atomic E-state index is 11.5. The van der Waals surface area contributed by atoms with Gasteiger partial charge in [-0.15, -0.1) is 10.2 Å². The minimum Gasteiger partial charge on any atom is -0.377 e. The SMILES string of the molecule is CCC1OCCC1c1nnc(S(=O)(=O)Cl)n1C(C)C. The first kappa shape index (κ1) is 14.7. The molecule has 19 heavy (non-hydrogen) atoms. The molecule has 0 N–H and O–H groups in total. The molecule has 2 atom stereocenters. The Morgan fingerprint density at radius 1 is 1.47 bits per heavy atom. The molecule has 1 saturated heterocycles. The van der Waals surface area contributed by atoms with Gasteiger partial charge in [-0.2, -0.15) is 0 Å². The fourth-order valence-corrected chi connectivity index (χ4v) is 3.53. The highest BCUT2D eigenvalue weighted by molar-refractivity contribution is 8.13. The van der Waals surface area contributed by atoms with Crippen LogP contribution in [-0.2, 0) is 13.8 Å². The van der Waals surface area contributed by atoms with E-state index >= 15 is 0 Å². The molecule has 0 radical (unpaired) electrons. The van der Waals surface area contributed by atoms with E-state index in [1.165, 1.54) is 0 Å². The summed E-state index contributed by atoms with van der Waals surface area (Å²) in [7, 11) is 1.53. The Morgan fingerprint density at radius 2 is 2.16 bits per heavy atom. The summed E-state index contributed by atoms with van der Waals surface area (Å²) in [5, 5.41) is 7.63. The highest BCUT2D eigenvalue weighted by Gasteiger charge is 2.35. The lowest BCUT2D eigenvalue weighted by Crippen LogP contribution is -2.20. The second-order valence-electron chi connectivity index (χ2n) is 4.96. The van der Waals surface area contributed by atoms with Crippen molar-refractivity contribution in [3.05, 3.63) is 5.82 Å². The highest BCUT2D eigenvalue weighted by Crippen LogP contribution is 2.34. The quantitative estimate of drug-likeness (QED) is 0.796. The van der Waals surface area contributed by atoms with Crippen LogP contribution in [0.5, 0.6) is 0 Å². The second-order valence-corrected chi connectivity index (χ2v) is 7.41. The average molecular weight is 308 g/mol. The first-order chi connectivity index (χ1) is 8.86. The van der Waals surface area contributed by atoms with Crippen molar-refractivity contribution in [2.45, 2.75) is 56.8 Å². The maximum atomic E-state index is 11.5. The van der Waals surface area contributed by atoms with E-state index in [1.807, 2.05) is 20.8 Å². The molecular formula is C11H18ClN3O3S. The molecule has 1 fully saturated rings. The summed E-state index contributed by atoms with van der Waals surface area (Å²) < 4.78 is 30.3. The van der Waals surface area contributed by atoms with Crippen LogP contribution in [0.25, 0.3) is 0 Å². The molecule has 0 amide bonds. The molecule has 1 aliphatic rings. The third-order valence-corrected chi connectivity index (χ3v) is 4.50. The van der Waals surface area contributed by atoms with Crippen LogP contribution in [0.4, 0.5) is 0 Å². The molecule has 2 heterocycles. The molecule has 0 aromatic carbocycles. The number of nitrogens with zero attached hydrogens (tertiary/aromatic N) is 3. The van der Waals surface area contributed by atoms with E-state index in [4.69, 9.17) is 15.4 Å². The predicted octanol–water partition coefficient (Wildman–Crippen LogP) is 2.07. The highest BCUT2D eigenvalue weighted by atomic mass is 35.7. The zero-order valence-corrected chi connectivity index (χ0v) is 12.8. The van der Waals surface area contributed by atoms with Gasteiger partial charge in [-0.3, -0.25) is 4.57 Å². The van der Waals surface area contributed by atoms with Crippen LogP contribution in [0.1, 0.15) is 51.4 Å². The molecule has 0 bridgehead atoms. The van der Waals surface area contributed by atoms with Crippen LogP contribution < -0.4 is 0 Å². The van der Waals surface area contributed by atoms with Gasteiger partial charge >= 0.3 is 0 Å². The average Bonchev–Trinajstić information content (AvgIpc) is 2.93. The summed E-state index contributed by atoms with van der Waals surface area (Å²) in [6, 6.07) is -0.0772. The maximum Gasteiger partial charge on any atom is 0.296 e. The summed E-state index contributed by atoms with van der Waals surface area (Å²) in [6.45, 7) is 6.47. The number of ether oxygens (including phenoxy) is 1. The first-order valence-electron chi connectivity index (χ1n) is 6.37. The van der Waals surface area contributed by atoms with Gasteiger partial charge in [0.15, 0.2) is 0 Å². The molecule has 0 saturated carbocycles. The third-order valence-electron chi connectivity index (χ3n) is 3.37. The number of halogens is 1. The van der Waals surface area contributed by atoms with Gasteiger partial charge in [-0.1, -0.05) is 6.92 Å². The van der Waals surface area contributed by atoms with E-state index in [-0.39, 0.29) is 23.2 Å². The lowest BCUT2D eigenvalue weighted by Gasteiger charge is -2.19. The third kappa shape index (κ3) is 2.78. The monoisotopic (exact) mass is 307 g/mol. The van der Waals surface area contributed by atoms with Crippen LogP contribution in [0.15, 0.2) is 5.16 Å². The van der Waals surface area contributed by atoms with Crippen LogP contribution in [0.3, 0.4) is 0 Å². The summed E-state index contributed by atoms with van der Waals surface area (Å²) in [4.78, 5) is 0. The zero-order chi connectivity index (χ0) is 14.2. The Labute approximate surface area is 117 Å². The minimum absolute atomic E-state index is 0.0626. The Hall–Kier alpha value is -0.660. The molecular weight excluding hydrogens is 290 g/mol. The molecule has 6 nitrogen and oxygen atoms in total. The standard InChI is InChI=1S/C11H18ClN3O3S/c1-4-9-8(5-6-18-9)10-13-14-11(19(12,16)17)15(10)7(2)3/h7-9H,4-6H2,1-3H3. The number of aromatic nitrogens is 3. The summed E-state index contributed by atoms with van der Waals surface area (Å²) in [5.74, 6) is 0.727. The minimum atomic E-state index is -3.89. The van der Waals surface area contributed by atoms with Crippen molar-refractivity contribution < 1.29 is 13.2 Å². The van der Waals surface area contributed by atoms with Crippen LogP contribution in [-0.4, -0.2) is 35.9 Å². The van der Waals surface area contributed by atoms with Gasteiger partial charge in [0.05, 0.1) is 6.10 Å². The second kappa shape index (κ2) is 5.38. The fourth-order valence-electron chi connectivity index (χ4n) is 2.54. The van der Waals surface area contributed by atoms with Crippen molar-refractivity contribution in [1.82, 2.24) is 14.8 Å². The van der Waals surface area contributed by atoms with Gasteiger partial charge in [0.2, 0.25) is 0 Å². The summed E-state index contributed by atoms with van der Waals surface area (Å²) in [5.41, 5.74) is 0. The molecule has 2 unspecified atom stereocenters. The molecule has 108 valence electrons. The van der Waals surface area contributed by atoms with E-state index in [0.717, 1.165) is 12.8 Å². The molecule has 1 aromatic heterocycles. The van der Waals surface area contributed by atoms with Crippen molar-refractivity contribution in [3.8, 4) is 0 Å². The van der Waals surface area contributed by atoms with Crippen LogP contribution >= 0.6 is 10.7 Å². The predicted molar refractivity (Wildman–Crippen MR) is 70.8 cm³/mol. The van der Waals surface area contributed by atoms with E-state index in [0.29, 0.717) is 12.4 Å². The molecule has 1 aliphatic heterocycles. The van der Waals surface area contributed by atoms with Gasteiger partial charge in [-0.05, 0) is 26.7 Å². The van der Waals surface area contributed by atoms with Gasteiger partial charge in [0.25, 0.3) is 14.2 Å². The molecule has 1 aromatic rings. The number of hydrogen-bond acceptors (Lipinski definition) is 5. The van der Waals surface area contributed by atoms with Crippen LogP contribution in [0.2, 0.25) is 0 Å². The van der Waals surface area contributed by atoms with E-state index in [2.05, 4.69) is 10.2 Å². The lowest BCUT2D eigenvalue weighted by atomic mass is 9.98. The van der Waals surface area contributed by atoms with Crippen molar-refractivity contribution >= 4 is 19.7 Å². The Bertz CT molecular complexity index is 556. The van der Waals surface area contributed by atoms with Crippen molar-refractivity contribution in [2.24, 2.45) is 0 Å². The molecule has 0 spiro atoms. The molecule has 2 rings (SSSR count). The van der Waals surface area contributed by atoms with E-state index in [9.17, 15) is 8.42 Å². The van der Waals surface area contributed by atoms with E-state index < -0.39 is 9.05 Å². The fraction of sp³-hybridized carbons (Fsp3) is 0.818. The Morgan fingerprint density at radius 3 is 2.68 bits per heavy atom. The largest absolute Gasteiger partial charge is 0.377 e.